The molecule has 2 aliphatic heterocycles. The van der Waals surface area contributed by atoms with Crippen molar-refractivity contribution >= 4 is 17.7 Å². The molecule has 3 nitrogen and oxygen atoms in total. The van der Waals surface area contributed by atoms with E-state index < -0.39 is 0 Å². The Kier molecular flexibility index (Phi) is 3.70. The number of piperidine rings is 1. The van der Waals surface area contributed by atoms with E-state index in [0.29, 0.717) is 6.04 Å². The second kappa shape index (κ2) is 5.03. The Labute approximate surface area is 89.4 Å². The molecule has 80 valence electrons. The number of carbonyl (C=O) groups excluding carboxylic acids is 1. The standard InChI is InChI=1S/C10H18N2OS/c13-10-9(4-1-5-11-10)12-8-3-2-6-14-7-8/h8-9,12H,1-7H2,(H,11,13). The molecule has 0 saturated carbocycles. The Balaban J connectivity index is 1.79. The van der Waals surface area contributed by atoms with Crippen molar-refractivity contribution in [3.63, 3.8) is 0 Å². The maximum absolute atomic E-state index is 11.5. The lowest BCUT2D eigenvalue weighted by atomic mass is 10.0. The zero-order valence-electron chi connectivity index (χ0n) is 8.42. The van der Waals surface area contributed by atoms with Gasteiger partial charge in [0.05, 0.1) is 6.04 Å². The van der Waals surface area contributed by atoms with E-state index in [1.165, 1.54) is 24.3 Å². The van der Waals surface area contributed by atoms with Gasteiger partial charge in [-0.1, -0.05) is 0 Å². The van der Waals surface area contributed by atoms with E-state index in [4.69, 9.17) is 0 Å². The van der Waals surface area contributed by atoms with Crippen LogP contribution in [0.4, 0.5) is 0 Å². The average Bonchev–Trinajstić information content (AvgIpc) is 2.23. The highest BCUT2D eigenvalue weighted by molar-refractivity contribution is 7.99. The summed E-state index contributed by atoms with van der Waals surface area (Å²) in [6.45, 7) is 0.858. The van der Waals surface area contributed by atoms with Gasteiger partial charge in [0.25, 0.3) is 0 Å². The Morgan fingerprint density at radius 2 is 2.29 bits per heavy atom. The molecule has 2 N–H and O–H groups in total. The van der Waals surface area contributed by atoms with Gasteiger partial charge in [0.15, 0.2) is 0 Å². The van der Waals surface area contributed by atoms with E-state index >= 15 is 0 Å². The zero-order chi connectivity index (χ0) is 9.80. The van der Waals surface area contributed by atoms with Crippen molar-refractivity contribution in [1.82, 2.24) is 10.6 Å². The van der Waals surface area contributed by atoms with Crippen molar-refractivity contribution in [2.24, 2.45) is 0 Å². The monoisotopic (exact) mass is 214 g/mol. The van der Waals surface area contributed by atoms with Gasteiger partial charge in [-0.25, -0.2) is 0 Å². The molecule has 0 aromatic heterocycles. The van der Waals surface area contributed by atoms with Gasteiger partial charge in [0.2, 0.25) is 5.91 Å². The van der Waals surface area contributed by atoms with Crippen LogP contribution in [0.3, 0.4) is 0 Å². The van der Waals surface area contributed by atoms with Crippen molar-refractivity contribution in [2.45, 2.75) is 37.8 Å². The van der Waals surface area contributed by atoms with Gasteiger partial charge in [-0.15, -0.1) is 0 Å². The molecule has 2 heterocycles. The van der Waals surface area contributed by atoms with Gasteiger partial charge >= 0.3 is 0 Å². The maximum Gasteiger partial charge on any atom is 0.237 e. The summed E-state index contributed by atoms with van der Waals surface area (Å²) in [5.74, 6) is 2.66. The fourth-order valence-electron chi connectivity index (χ4n) is 2.09. The highest BCUT2D eigenvalue weighted by Gasteiger charge is 2.25. The fraction of sp³-hybridized carbons (Fsp3) is 0.900. The summed E-state index contributed by atoms with van der Waals surface area (Å²) in [6.07, 6.45) is 4.64. The van der Waals surface area contributed by atoms with Gasteiger partial charge in [0, 0.05) is 18.3 Å². The van der Waals surface area contributed by atoms with Crippen molar-refractivity contribution in [3.05, 3.63) is 0 Å². The summed E-state index contributed by atoms with van der Waals surface area (Å²) < 4.78 is 0. The molecule has 1 amide bonds. The Bertz CT molecular complexity index is 204. The maximum atomic E-state index is 11.5. The van der Waals surface area contributed by atoms with Gasteiger partial charge in [-0.3, -0.25) is 4.79 Å². The number of rotatable bonds is 2. The molecule has 2 fully saturated rings. The molecule has 2 atom stereocenters. The lowest BCUT2D eigenvalue weighted by Crippen LogP contribution is -2.52. The molecule has 0 radical (unpaired) electrons. The van der Waals surface area contributed by atoms with Crippen LogP contribution in [0, 0.1) is 0 Å². The van der Waals surface area contributed by atoms with Crippen molar-refractivity contribution in [1.29, 1.82) is 0 Å². The van der Waals surface area contributed by atoms with Crippen molar-refractivity contribution < 1.29 is 4.79 Å². The first kappa shape index (κ1) is 10.3. The Hall–Kier alpha value is -0.220. The van der Waals surface area contributed by atoms with Crippen LogP contribution in [0.5, 0.6) is 0 Å². The first-order valence-electron chi connectivity index (χ1n) is 5.48. The summed E-state index contributed by atoms with van der Waals surface area (Å²) in [6, 6.07) is 0.634. The minimum atomic E-state index is 0.0763. The van der Waals surface area contributed by atoms with Crippen molar-refractivity contribution in [2.75, 3.05) is 18.1 Å². The summed E-state index contributed by atoms with van der Waals surface area (Å²) in [5.41, 5.74) is 0. The highest BCUT2D eigenvalue weighted by atomic mass is 32.2. The number of amides is 1. The van der Waals surface area contributed by atoms with E-state index in [1.54, 1.807) is 0 Å². The smallest absolute Gasteiger partial charge is 0.237 e. The van der Waals surface area contributed by atoms with Crippen LogP contribution in [-0.4, -0.2) is 36.0 Å². The second-order valence-corrected chi connectivity index (χ2v) is 5.22. The number of hydrogen-bond acceptors (Lipinski definition) is 3. The molecule has 2 saturated heterocycles. The van der Waals surface area contributed by atoms with Gasteiger partial charge in [0.1, 0.15) is 0 Å². The van der Waals surface area contributed by atoms with Crippen LogP contribution in [0.2, 0.25) is 0 Å². The normalized spacial score (nSPS) is 33.9. The molecule has 14 heavy (non-hydrogen) atoms. The molecule has 2 aliphatic rings. The van der Waals surface area contributed by atoms with Crippen LogP contribution >= 0.6 is 11.8 Å². The molecule has 4 heteroatoms. The molecule has 0 spiro atoms. The molecule has 0 aliphatic carbocycles. The number of carbonyl (C=O) groups is 1. The predicted octanol–water partition coefficient (Wildman–Crippen LogP) is 0.750. The van der Waals surface area contributed by atoms with E-state index in [9.17, 15) is 4.79 Å². The number of hydrogen-bond donors (Lipinski definition) is 2. The van der Waals surface area contributed by atoms with E-state index in [-0.39, 0.29) is 11.9 Å². The van der Waals surface area contributed by atoms with Crippen molar-refractivity contribution in [3.8, 4) is 0 Å². The minimum Gasteiger partial charge on any atom is -0.355 e. The highest BCUT2D eigenvalue weighted by Crippen LogP contribution is 2.18. The van der Waals surface area contributed by atoms with Gasteiger partial charge < -0.3 is 10.6 Å². The number of thioether (sulfide) groups is 1. The average molecular weight is 214 g/mol. The summed E-state index contributed by atoms with van der Waals surface area (Å²) in [4.78, 5) is 11.5. The zero-order valence-corrected chi connectivity index (χ0v) is 9.24. The minimum absolute atomic E-state index is 0.0763. The van der Waals surface area contributed by atoms with Gasteiger partial charge in [-0.05, 0) is 31.4 Å². The van der Waals surface area contributed by atoms with Crippen LogP contribution in [0.1, 0.15) is 25.7 Å². The van der Waals surface area contributed by atoms with Gasteiger partial charge in [-0.2, -0.15) is 11.8 Å². The van der Waals surface area contributed by atoms with E-state index in [2.05, 4.69) is 10.6 Å². The third-order valence-corrected chi connectivity index (χ3v) is 4.10. The lowest BCUT2D eigenvalue weighted by molar-refractivity contribution is -0.124. The summed E-state index contributed by atoms with van der Waals surface area (Å²) in [7, 11) is 0. The number of nitrogens with one attached hydrogen (secondary N) is 2. The SMILES string of the molecule is O=C1NCCCC1NC1CCCSC1. The topological polar surface area (TPSA) is 41.1 Å². The van der Waals surface area contributed by atoms with Crippen LogP contribution in [0.15, 0.2) is 0 Å². The van der Waals surface area contributed by atoms with E-state index in [1.807, 2.05) is 11.8 Å². The molecular weight excluding hydrogens is 196 g/mol. The molecule has 0 aromatic rings. The second-order valence-electron chi connectivity index (χ2n) is 4.07. The molecular formula is C10H18N2OS. The Morgan fingerprint density at radius 3 is 3.00 bits per heavy atom. The predicted molar refractivity (Wildman–Crippen MR) is 59.5 cm³/mol. The summed E-state index contributed by atoms with van der Waals surface area (Å²) in [5, 5.41) is 6.39. The quantitative estimate of drug-likeness (QED) is 0.713. The fourth-order valence-corrected chi connectivity index (χ4v) is 3.17. The van der Waals surface area contributed by atoms with Crippen LogP contribution in [0.25, 0.3) is 0 Å². The van der Waals surface area contributed by atoms with E-state index in [0.717, 1.165) is 19.4 Å². The van der Waals surface area contributed by atoms with Crippen LogP contribution < -0.4 is 10.6 Å². The molecule has 2 rings (SSSR count). The lowest BCUT2D eigenvalue weighted by Gasteiger charge is -2.29. The first-order valence-corrected chi connectivity index (χ1v) is 6.63. The van der Waals surface area contributed by atoms with Crippen LogP contribution in [-0.2, 0) is 4.79 Å². The molecule has 0 aromatic carbocycles. The first-order chi connectivity index (χ1) is 6.86. The third-order valence-electron chi connectivity index (χ3n) is 2.88. The largest absolute Gasteiger partial charge is 0.355 e. The third kappa shape index (κ3) is 2.64. The Morgan fingerprint density at radius 1 is 1.36 bits per heavy atom. The summed E-state index contributed by atoms with van der Waals surface area (Å²) >= 11 is 2.00. The molecule has 2 unspecified atom stereocenters. The molecule has 0 bridgehead atoms.